The van der Waals surface area contributed by atoms with Crippen LogP contribution < -0.4 is 10.6 Å². The maximum Gasteiger partial charge on any atom is 0.251 e. The van der Waals surface area contributed by atoms with Gasteiger partial charge in [-0.05, 0) is 61.4 Å². The van der Waals surface area contributed by atoms with Gasteiger partial charge >= 0.3 is 0 Å². The van der Waals surface area contributed by atoms with Crippen LogP contribution in [0.25, 0.3) is 11.0 Å². The number of carbonyl (C=O) groups is 1. The van der Waals surface area contributed by atoms with Crippen LogP contribution in [0.4, 0.5) is 20.4 Å². The quantitative estimate of drug-likeness (QED) is 0.612. The average Bonchev–Trinajstić information content (AvgIpc) is 3.01. The Balaban J connectivity index is 1.54. The van der Waals surface area contributed by atoms with Crippen LogP contribution in [0.2, 0.25) is 0 Å². The fourth-order valence-electron chi connectivity index (χ4n) is 3.99. The SMILES string of the molecule is Cn1c(Nc2c(F)cccc2F)nc2cc(C(=O)NC3CCC(C)(C)CC3)ccc21. The van der Waals surface area contributed by atoms with Crippen molar-refractivity contribution in [3.05, 3.63) is 53.6 Å². The molecular formula is C23H26F2N4O. The van der Waals surface area contributed by atoms with E-state index in [1.807, 2.05) is 0 Å². The van der Waals surface area contributed by atoms with Crippen LogP contribution in [0.15, 0.2) is 36.4 Å². The van der Waals surface area contributed by atoms with Crippen molar-refractivity contribution in [2.24, 2.45) is 12.5 Å². The summed E-state index contributed by atoms with van der Waals surface area (Å²) in [6.07, 6.45) is 4.15. The van der Waals surface area contributed by atoms with E-state index in [0.717, 1.165) is 31.2 Å². The van der Waals surface area contributed by atoms with Gasteiger partial charge in [0.15, 0.2) is 0 Å². The molecule has 1 heterocycles. The van der Waals surface area contributed by atoms with Crippen LogP contribution in [0.5, 0.6) is 0 Å². The van der Waals surface area contributed by atoms with Crippen LogP contribution in [0, 0.1) is 17.0 Å². The molecule has 0 spiro atoms. The van der Waals surface area contributed by atoms with Gasteiger partial charge in [0.05, 0.1) is 11.0 Å². The fraction of sp³-hybridized carbons (Fsp3) is 0.391. The molecule has 1 fully saturated rings. The van der Waals surface area contributed by atoms with Gasteiger partial charge in [0.2, 0.25) is 5.95 Å². The highest BCUT2D eigenvalue weighted by Gasteiger charge is 2.27. The number of hydrogen-bond donors (Lipinski definition) is 2. The van der Waals surface area contributed by atoms with Crippen molar-refractivity contribution >= 4 is 28.6 Å². The van der Waals surface area contributed by atoms with Gasteiger partial charge in [0.1, 0.15) is 17.3 Å². The standard InChI is InChI=1S/C23H26F2N4O/c1-23(2)11-9-15(10-12-23)26-21(30)14-7-8-19-18(13-14)27-22(29(19)3)28-20-16(24)5-4-6-17(20)25/h4-8,13,15H,9-12H2,1-3H3,(H,26,30)(H,27,28). The Kier molecular flexibility index (Phi) is 5.22. The lowest BCUT2D eigenvalue weighted by Crippen LogP contribution is -2.39. The number of aryl methyl sites for hydroxylation is 1. The Morgan fingerprint density at radius 2 is 1.80 bits per heavy atom. The summed E-state index contributed by atoms with van der Waals surface area (Å²) in [6, 6.07) is 9.12. The molecule has 1 aliphatic carbocycles. The summed E-state index contributed by atoms with van der Waals surface area (Å²) in [5.74, 6) is -1.22. The number of halogens is 2. The number of carbonyl (C=O) groups excluding carboxylic acids is 1. The molecule has 1 saturated carbocycles. The van der Waals surface area contributed by atoms with Gasteiger partial charge in [0.25, 0.3) is 5.91 Å². The first-order valence-corrected chi connectivity index (χ1v) is 10.2. The van der Waals surface area contributed by atoms with Crippen molar-refractivity contribution in [2.75, 3.05) is 5.32 Å². The summed E-state index contributed by atoms with van der Waals surface area (Å²) in [5.41, 5.74) is 1.94. The molecule has 0 unspecified atom stereocenters. The highest BCUT2D eigenvalue weighted by molar-refractivity contribution is 5.98. The molecule has 0 bridgehead atoms. The lowest BCUT2D eigenvalue weighted by atomic mass is 9.75. The molecule has 158 valence electrons. The van der Waals surface area contributed by atoms with Crippen molar-refractivity contribution in [3.63, 3.8) is 0 Å². The first kappa shape index (κ1) is 20.3. The van der Waals surface area contributed by atoms with Crippen LogP contribution >= 0.6 is 0 Å². The Labute approximate surface area is 174 Å². The van der Waals surface area contributed by atoms with E-state index in [2.05, 4.69) is 29.5 Å². The zero-order valence-electron chi connectivity index (χ0n) is 17.4. The lowest BCUT2D eigenvalue weighted by molar-refractivity contribution is 0.0909. The highest BCUT2D eigenvalue weighted by atomic mass is 19.1. The van der Waals surface area contributed by atoms with E-state index in [4.69, 9.17) is 0 Å². The molecule has 30 heavy (non-hydrogen) atoms. The van der Waals surface area contributed by atoms with Crippen LogP contribution in [0.3, 0.4) is 0 Å². The number of nitrogens with one attached hydrogen (secondary N) is 2. The second-order valence-corrected chi connectivity index (χ2v) is 8.83. The van der Waals surface area contributed by atoms with Crippen molar-refractivity contribution in [1.29, 1.82) is 0 Å². The number of hydrogen-bond acceptors (Lipinski definition) is 3. The minimum Gasteiger partial charge on any atom is -0.349 e. The normalized spacial score (nSPS) is 16.6. The summed E-state index contributed by atoms with van der Waals surface area (Å²) in [6.45, 7) is 4.53. The summed E-state index contributed by atoms with van der Waals surface area (Å²) in [4.78, 5) is 17.2. The highest BCUT2D eigenvalue weighted by Crippen LogP contribution is 2.35. The van der Waals surface area contributed by atoms with Crippen LogP contribution in [0.1, 0.15) is 49.9 Å². The predicted octanol–water partition coefficient (Wildman–Crippen LogP) is 5.29. The smallest absolute Gasteiger partial charge is 0.251 e. The Morgan fingerprint density at radius 1 is 1.13 bits per heavy atom. The topological polar surface area (TPSA) is 59.0 Å². The van der Waals surface area contributed by atoms with Crippen LogP contribution in [-0.4, -0.2) is 21.5 Å². The van der Waals surface area contributed by atoms with Gasteiger partial charge in [-0.1, -0.05) is 19.9 Å². The number of nitrogens with zero attached hydrogens (tertiary/aromatic N) is 2. The van der Waals surface area contributed by atoms with E-state index in [1.54, 1.807) is 29.8 Å². The van der Waals surface area contributed by atoms with Gasteiger partial charge in [-0.2, -0.15) is 0 Å². The van der Waals surface area contributed by atoms with E-state index in [0.29, 0.717) is 22.4 Å². The van der Waals surface area contributed by atoms with Crippen molar-refractivity contribution in [1.82, 2.24) is 14.9 Å². The minimum atomic E-state index is -0.696. The number of amides is 1. The number of benzene rings is 2. The predicted molar refractivity (Wildman–Crippen MR) is 114 cm³/mol. The lowest BCUT2D eigenvalue weighted by Gasteiger charge is -2.34. The molecule has 7 heteroatoms. The Morgan fingerprint density at radius 3 is 2.47 bits per heavy atom. The number of rotatable bonds is 4. The fourth-order valence-corrected chi connectivity index (χ4v) is 3.99. The van der Waals surface area contributed by atoms with Crippen molar-refractivity contribution < 1.29 is 13.6 Å². The van der Waals surface area contributed by atoms with E-state index in [9.17, 15) is 13.6 Å². The van der Waals surface area contributed by atoms with Crippen LogP contribution in [-0.2, 0) is 7.05 Å². The minimum absolute atomic E-state index is 0.123. The van der Waals surface area contributed by atoms with Gasteiger partial charge < -0.3 is 15.2 Å². The van der Waals surface area contributed by atoms with E-state index in [1.165, 1.54) is 18.2 Å². The monoisotopic (exact) mass is 412 g/mol. The third-order valence-corrected chi connectivity index (χ3v) is 6.02. The molecule has 2 aromatic carbocycles. The van der Waals surface area contributed by atoms with Crippen molar-refractivity contribution in [3.8, 4) is 0 Å². The van der Waals surface area contributed by atoms with Gasteiger partial charge in [-0.3, -0.25) is 4.79 Å². The maximum atomic E-state index is 14.0. The molecule has 2 N–H and O–H groups in total. The molecule has 0 aliphatic heterocycles. The van der Waals surface area contributed by atoms with Gasteiger partial charge in [-0.25, -0.2) is 13.8 Å². The molecule has 0 radical (unpaired) electrons. The molecule has 0 saturated heterocycles. The number of para-hydroxylation sites is 1. The molecule has 4 rings (SSSR count). The summed E-state index contributed by atoms with van der Waals surface area (Å²) in [5, 5.41) is 5.85. The second kappa shape index (κ2) is 7.70. The summed E-state index contributed by atoms with van der Waals surface area (Å²) >= 11 is 0. The zero-order valence-corrected chi connectivity index (χ0v) is 17.4. The van der Waals surface area contributed by atoms with Gasteiger partial charge in [-0.15, -0.1) is 0 Å². The number of imidazole rings is 1. The van der Waals surface area contributed by atoms with Gasteiger partial charge in [0, 0.05) is 18.7 Å². The van der Waals surface area contributed by atoms with Crippen molar-refractivity contribution in [2.45, 2.75) is 45.6 Å². The molecular weight excluding hydrogens is 386 g/mol. The zero-order chi connectivity index (χ0) is 21.5. The maximum absolute atomic E-state index is 14.0. The Hall–Kier alpha value is -2.96. The molecule has 1 amide bonds. The molecule has 5 nitrogen and oxygen atoms in total. The van der Waals surface area contributed by atoms with E-state index >= 15 is 0 Å². The second-order valence-electron chi connectivity index (χ2n) is 8.83. The largest absolute Gasteiger partial charge is 0.349 e. The summed E-state index contributed by atoms with van der Waals surface area (Å²) in [7, 11) is 1.75. The third-order valence-electron chi connectivity index (χ3n) is 6.02. The molecule has 0 atom stereocenters. The molecule has 1 aromatic heterocycles. The third kappa shape index (κ3) is 4.01. The number of aromatic nitrogens is 2. The average molecular weight is 412 g/mol. The summed E-state index contributed by atoms with van der Waals surface area (Å²) < 4.78 is 29.6. The molecule has 3 aromatic rings. The molecule has 1 aliphatic rings. The first-order chi connectivity index (χ1) is 14.2. The Bertz CT molecular complexity index is 1080. The van der Waals surface area contributed by atoms with E-state index < -0.39 is 11.6 Å². The number of fused-ring (bicyclic) bond motifs is 1. The van der Waals surface area contributed by atoms with E-state index in [-0.39, 0.29) is 17.6 Å². The first-order valence-electron chi connectivity index (χ1n) is 10.2. The number of anilines is 2.